The molecule has 0 aliphatic heterocycles. The molecule has 0 aliphatic rings. The van der Waals surface area contributed by atoms with Crippen molar-refractivity contribution in [1.29, 1.82) is 0 Å². The molecule has 1 N–H and O–H groups in total. The van der Waals surface area contributed by atoms with E-state index in [1.54, 1.807) is 0 Å². The molecule has 0 atom stereocenters. The van der Waals surface area contributed by atoms with Crippen LogP contribution in [-0.4, -0.2) is 11.1 Å². The summed E-state index contributed by atoms with van der Waals surface area (Å²) in [7, 11) is 0. The second kappa shape index (κ2) is 6.24. The third kappa shape index (κ3) is 2.52. The highest BCUT2D eigenvalue weighted by Crippen LogP contribution is 2.41. The van der Waals surface area contributed by atoms with Crippen molar-refractivity contribution in [3.05, 3.63) is 72.3 Å². The van der Waals surface area contributed by atoms with E-state index in [-0.39, 0.29) is 6.42 Å². The fourth-order valence-electron chi connectivity index (χ4n) is 4.52. The number of unbranched alkanes of at least 4 members (excludes halogenated alkanes) is 1. The lowest BCUT2D eigenvalue weighted by molar-refractivity contribution is -0.137. The van der Waals surface area contributed by atoms with Gasteiger partial charge in [0, 0.05) is 6.42 Å². The number of benzene rings is 5. The number of aliphatic carboxylic acids is 1. The van der Waals surface area contributed by atoms with Crippen molar-refractivity contribution >= 4 is 49.1 Å². The molecule has 0 bridgehead atoms. The first kappa shape index (κ1) is 16.1. The fraction of sp³-hybridized carbons (Fsp3) is 0.160. The van der Waals surface area contributed by atoms with Gasteiger partial charge in [0.1, 0.15) is 0 Å². The predicted octanol–water partition coefficient (Wildman–Crippen LogP) is 6.53. The highest BCUT2D eigenvalue weighted by molar-refractivity contribution is 6.33. The molecular formula is C25H20O2. The average Bonchev–Trinajstić information content (AvgIpc) is 2.69. The van der Waals surface area contributed by atoms with Crippen molar-refractivity contribution in [2.45, 2.75) is 25.7 Å². The molecule has 0 aromatic heterocycles. The molecule has 0 amide bonds. The normalized spacial score (nSPS) is 11.9. The summed E-state index contributed by atoms with van der Waals surface area (Å²) in [4.78, 5) is 10.8. The number of carbonyl (C=O) groups is 1. The molecule has 0 heterocycles. The molecular weight excluding hydrogens is 332 g/mol. The fourth-order valence-corrected chi connectivity index (χ4v) is 4.52. The van der Waals surface area contributed by atoms with E-state index in [9.17, 15) is 4.79 Å². The first-order valence-electron chi connectivity index (χ1n) is 9.53. The summed E-state index contributed by atoms with van der Waals surface area (Å²) in [5.41, 5.74) is 1.31. The molecule has 0 unspecified atom stereocenters. The first-order valence-corrected chi connectivity index (χ1v) is 9.53. The van der Waals surface area contributed by atoms with Gasteiger partial charge >= 0.3 is 5.97 Å². The molecule has 0 spiro atoms. The summed E-state index contributed by atoms with van der Waals surface area (Å²) >= 11 is 0. The van der Waals surface area contributed by atoms with Crippen molar-refractivity contribution < 1.29 is 9.90 Å². The molecule has 0 fully saturated rings. The van der Waals surface area contributed by atoms with Crippen LogP contribution in [0.3, 0.4) is 0 Å². The zero-order valence-electron chi connectivity index (χ0n) is 15.0. The summed E-state index contributed by atoms with van der Waals surface area (Å²) in [6.07, 6.45) is 2.79. The number of rotatable bonds is 5. The number of carboxylic acid groups (broad SMARTS) is 1. The van der Waals surface area contributed by atoms with Crippen molar-refractivity contribution in [1.82, 2.24) is 0 Å². The van der Waals surface area contributed by atoms with Crippen LogP contribution in [0.15, 0.2) is 66.7 Å². The Kier molecular flexibility index (Phi) is 3.71. The number of hydrogen-bond donors (Lipinski definition) is 1. The molecule has 2 heteroatoms. The zero-order valence-corrected chi connectivity index (χ0v) is 15.0. The lowest BCUT2D eigenvalue weighted by atomic mass is 9.87. The van der Waals surface area contributed by atoms with Gasteiger partial charge in [-0.3, -0.25) is 4.79 Å². The van der Waals surface area contributed by atoms with Gasteiger partial charge in [-0.1, -0.05) is 66.7 Å². The Balaban J connectivity index is 1.75. The Bertz CT molecular complexity index is 1250. The highest BCUT2D eigenvalue weighted by Gasteiger charge is 2.14. The monoisotopic (exact) mass is 352 g/mol. The van der Waals surface area contributed by atoms with Crippen molar-refractivity contribution in [2.24, 2.45) is 0 Å². The van der Waals surface area contributed by atoms with E-state index >= 15 is 0 Å². The second-order valence-electron chi connectivity index (χ2n) is 7.31. The second-order valence-corrected chi connectivity index (χ2v) is 7.31. The van der Waals surface area contributed by atoms with Gasteiger partial charge in [0.15, 0.2) is 0 Å². The molecule has 2 nitrogen and oxygen atoms in total. The molecule has 0 saturated heterocycles. The Morgan fingerprint density at radius 3 is 1.96 bits per heavy atom. The predicted molar refractivity (Wildman–Crippen MR) is 113 cm³/mol. The minimum Gasteiger partial charge on any atom is -0.481 e. The zero-order chi connectivity index (χ0) is 18.4. The molecule has 5 aromatic carbocycles. The van der Waals surface area contributed by atoms with Gasteiger partial charge in [-0.2, -0.15) is 0 Å². The molecule has 132 valence electrons. The van der Waals surface area contributed by atoms with E-state index in [2.05, 4.69) is 66.7 Å². The maximum absolute atomic E-state index is 10.8. The van der Waals surface area contributed by atoms with E-state index in [4.69, 9.17) is 5.11 Å². The number of carboxylic acids is 1. The van der Waals surface area contributed by atoms with Crippen LogP contribution in [-0.2, 0) is 11.2 Å². The number of aryl methyl sites for hydroxylation is 1. The van der Waals surface area contributed by atoms with Gasteiger partial charge in [0.2, 0.25) is 0 Å². The van der Waals surface area contributed by atoms with Gasteiger partial charge in [-0.15, -0.1) is 0 Å². The smallest absolute Gasteiger partial charge is 0.303 e. The Labute approximate surface area is 157 Å². The minimum absolute atomic E-state index is 0.247. The van der Waals surface area contributed by atoms with E-state index in [1.807, 2.05) is 0 Å². The first-order chi connectivity index (χ1) is 13.2. The highest BCUT2D eigenvalue weighted by atomic mass is 16.4. The van der Waals surface area contributed by atoms with Gasteiger partial charge in [0.05, 0.1) is 0 Å². The van der Waals surface area contributed by atoms with Gasteiger partial charge < -0.3 is 5.11 Å². The number of hydrogen-bond acceptors (Lipinski definition) is 1. The molecule has 0 aliphatic carbocycles. The summed E-state index contributed by atoms with van der Waals surface area (Å²) < 4.78 is 0. The van der Waals surface area contributed by atoms with E-state index < -0.39 is 5.97 Å². The van der Waals surface area contributed by atoms with Crippen LogP contribution >= 0.6 is 0 Å². The van der Waals surface area contributed by atoms with Crippen LogP contribution in [0.5, 0.6) is 0 Å². The third-order valence-electron chi connectivity index (χ3n) is 5.70. The van der Waals surface area contributed by atoms with Crippen LogP contribution in [0.1, 0.15) is 24.8 Å². The van der Waals surface area contributed by atoms with Crippen molar-refractivity contribution in [3.8, 4) is 0 Å². The van der Waals surface area contributed by atoms with E-state index in [0.717, 1.165) is 19.3 Å². The van der Waals surface area contributed by atoms with Crippen molar-refractivity contribution in [3.63, 3.8) is 0 Å². The molecule has 0 radical (unpaired) electrons. The van der Waals surface area contributed by atoms with Gasteiger partial charge in [-0.25, -0.2) is 0 Å². The summed E-state index contributed by atoms with van der Waals surface area (Å²) in [5, 5.41) is 19.3. The van der Waals surface area contributed by atoms with Crippen LogP contribution in [0, 0.1) is 0 Å². The summed E-state index contributed by atoms with van der Waals surface area (Å²) in [6, 6.07) is 24.2. The molecule has 27 heavy (non-hydrogen) atoms. The largest absolute Gasteiger partial charge is 0.481 e. The number of fused-ring (bicyclic) bond motifs is 2. The Morgan fingerprint density at radius 2 is 1.26 bits per heavy atom. The summed E-state index contributed by atoms with van der Waals surface area (Å²) in [5.74, 6) is -0.711. The lowest BCUT2D eigenvalue weighted by Gasteiger charge is -2.16. The summed E-state index contributed by atoms with van der Waals surface area (Å²) in [6.45, 7) is 0. The van der Waals surface area contributed by atoms with Gasteiger partial charge in [-0.05, 0) is 67.9 Å². The Hall–Kier alpha value is -3.13. The minimum atomic E-state index is -0.711. The van der Waals surface area contributed by atoms with Crippen LogP contribution in [0.2, 0.25) is 0 Å². The van der Waals surface area contributed by atoms with Crippen molar-refractivity contribution in [2.75, 3.05) is 0 Å². The average molecular weight is 352 g/mol. The molecule has 5 aromatic rings. The standard InChI is InChI=1S/C25H20O2/c26-23(27)13-2-1-6-16-14-15-22-20-11-4-8-17-7-3-10-19(24(17)20)21-12-5-9-18(16)25(21)22/h3-5,7-12,14-15H,1-2,6,13H2,(H,26,27). The topological polar surface area (TPSA) is 37.3 Å². The van der Waals surface area contributed by atoms with Gasteiger partial charge in [0.25, 0.3) is 0 Å². The van der Waals surface area contributed by atoms with Crippen LogP contribution < -0.4 is 0 Å². The Morgan fingerprint density at radius 1 is 0.667 bits per heavy atom. The van der Waals surface area contributed by atoms with E-state index in [1.165, 1.54) is 48.7 Å². The SMILES string of the molecule is O=C(O)CCCCc1ccc2c3cccc4cccc(c5cccc1c52)c43. The quantitative estimate of drug-likeness (QED) is 0.222. The molecule has 0 saturated carbocycles. The third-order valence-corrected chi connectivity index (χ3v) is 5.70. The van der Waals surface area contributed by atoms with Crippen LogP contribution in [0.25, 0.3) is 43.1 Å². The maximum Gasteiger partial charge on any atom is 0.303 e. The van der Waals surface area contributed by atoms with Crippen LogP contribution in [0.4, 0.5) is 0 Å². The van der Waals surface area contributed by atoms with E-state index in [0.29, 0.717) is 0 Å². The lowest BCUT2D eigenvalue weighted by Crippen LogP contribution is -1.96. The molecule has 5 rings (SSSR count). The maximum atomic E-state index is 10.8.